The molecule has 1 atom stereocenters. The van der Waals surface area contributed by atoms with Crippen LogP contribution in [0.4, 0.5) is 0 Å². The van der Waals surface area contributed by atoms with Crippen LogP contribution in [0.15, 0.2) is 92.3 Å². The van der Waals surface area contributed by atoms with Crippen molar-refractivity contribution < 1.29 is 19.0 Å². The Hall–Kier alpha value is -3.66. The highest BCUT2D eigenvalue weighted by molar-refractivity contribution is 9.10. The Morgan fingerprint density at radius 2 is 1.85 bits per heavy atom. The second kappa shape index (κ2) is 11.8. The summed E-state index contributed by atoms with van der Waals surface area (Å²) in [6, 6.07) is 19.8. The van der Waals surface area contributed by atoms with Crippen LogP contribution >= 0.6 is 38.9 Å². The van der Waals surface area contributed by atoms with E-state index in [-0.39, 0.29) is 5.56 Å². The molecule has 10 heteroatoms. The zero-order valence-electron chi connectivity index (χ0n) is 21.8. The normalized spacial score (nSPS) is 14.9. The number of allylic oxidation sites excluding steroid dienone is 1. The predicted molar refractivity (Wildman–Crippen MR) is 159 cm³/mol. The molecule has 0 radical (unpaired) electrons. The number of carbonyl (C=O) groups is 1. The number of fused-ring (bicyclic) bond motifs is 1. The highest BCUT2D eigenvalue weighted by Gasteiger charge is 2.32. The Kier molecular flexibility index (Phi) is 8.25. The van der Waals surface area contributed by atoms with Crippen molar-refractivity contribution in [1.82, 2.24) is 4.57 Å². The molecule has 7 nitrogen and oxygen atoms in total. The summed E-state index contributed by atoms with van der Waals surface area (Å²) in [5, 5.41) is 0.656. The summed E-state index contributed by atoms with van der Waals surface area (Å²) >= 11 is 10.8. The predicted octanol–water partition coefficient (Wildman–Crippen LogP) is 5.41. The second-order valence-electron chi connectivity index (χ2n) is 8.93. The molecular weight excluding hydrogens is 616 g/mol. The number of aromatic nitrogens is 1. The Morgan fingerprint density at radius 1 is 1.12 bits per heavy atom. The lowest BCUT2D eigenvalue weighted by atomic mass is 9.96. The molecule has 3 aromatic carbocycles. The molecule has 0 fully saturated rings. The highest BCUT2D eigenvalue weighted by Crippen LogP contribution is 2.37. The van der Waals surface area contributed by atoms with Crippen molar-refractivity contribution in [3.05, 3.63) is 124 Å². The van der Waals surface area contributed by atoms with Gasteiger partial charge in [0.05, 0.1) is 40.5 Å². The van der Waals surface area contributed by atoms with E-state index in [9.17, 15) is 9.59 Å². The molecule has 0 bridgehead atoms. The number of thiazole rings is 1. The fraction of sp³-hybridized carbons (Fsp3) is 0.167. The molecule has 0 N–H and O–H groups in total. The van der Waals surface area contributed by atoms with Gasteiger partial charge in [0.1, 0.15) is 6.61 Å². The average molecular weight is 640 g/mol. The van der Waals surface area contributed by atoms with Crippen LogP contribution in [0.2, 0.25) is 5.02 Å². The molecule has 40 heavy (non-hydrogen) atoms. The van der Waals surface area contributed by atoms with Gasteiger partial charge >= 0.3 is 5.97 Å². The van der Waals surface area contributed by atoms with Gasteiger partial charge < -0.3 is 14.2 Å². The van der Waals surface area contributed by atoms with Crippen molar-refractivity contribution in [2.24, 2.45) is 4.99 Å². The Balaban J connectivity index is 1.56. The smallest absolute Gasteiger partial charge is 0.338 e. The number of nitrogens with zero attached hydrogens (tertiary/aromatic N) is 2. The van der Waals surface area contributed by atoms with E-state index in [0.717, 1.165) is 16.7 Å². The van der Waals surface area contributed by atoms with E-state index < -0.39 is 12.0 Å². The first-order valence-electron chi connectivity index (χ1n) is 12.2. The quantitative estimate of drug-likeness (QED) is 0.253. The van der Waals surface area contributed by atoms with Crippen molar-refractivity contribution in [3.63, 3.8) is 0 Å². The number of ether oxygens (including phenoxy) is 3. The number of carbonyl (C=O) groups excluding carboxylic acids is 1. The second-order valence-corrected chi connectivity index (χ2v) is 11.2. The number of hydrogen-bond acceptors (Lipinski definition) is 7. The lowest BCUT2D eigenvalue weighted by Gasteiger charge is -2.24. The van der Waals surface area contributed by atoms with Gasteiger partial charge in [-0.25, -0.2) is 9.79 Å². The number of rotatable bonds is 7. The van der Waals surface area contributed by atoms with Gasteiger partial charge in [-0.05, 0) is 69.9 Å². The highest BCUT2D eigenvalue weighted by atomic mass is 79.9. The molecule has 1 aliphatic heterocycles. The third-order valence-corrected chi connectivity index (χ3v) is 8.21. The minimum atomic E-state index is -0.656. The van der Waals surface area contributed by atoms with E-state index >= 15 is 0 Å². The third kappa shape index (κ3) is 5.50. The van der Waals surface area contributed by atoms with E-state index in [1.165, 1.54) is 18.4 Å². The zero-order valence-corrected chi connectivity index (χ0v) is 25.0. The maximum Gasteiger partial charge on any atom is 0.338 e. The summed E-state index contributed by atoms with van der Waals surface area (Å²) in [4.78, 5) is 31.7. The van der Waals surface area contributed by atoms with Crippen LogP contribution < -0.4 is 24.4 Å². The van der Waals surface area contributed by atoms with Crippen molar-refractivity contribution >= 4 is 50.9 Å². The van der Waals surface area contributed by atoms with Gasteiger partial charge in [0, 0.05) is 5.02 Å². The van der Waals surface area contributed by atoms with Gasteiger partial charge in [-0.2, -0.15) is 0 Å². The molecule has 204 valence electrons. The molecule has 0 saturated carbocycles. The van der Waals surface area contributed by atoms with Crippen molar-refractivity contribution in [1.29, 1.82) is 0 Å². The van der Waals surface area contributed by atoms with Crippen molar-refractivity contribution in [2.75, 3.05) is 14.2 Å². The summed E-state index contributed by atoms with van der Waals surface area (Å²) < 4.78 is 19.4. The standard InChI is InChI=1S/C30H24BrClN2O5S/c1-17-25(29(36)38-3)26(20-7-5-4-6-8-20)34-28(35)24(40-30(34)33-17)15-19-13-22(31)27(23(14-19)37-2)39-16-18-9-11-21(32)12-10-18/h4-15,26H,16H2,1-3H3/b24-15-/t26-/m1/s1. The number of methoxy groups -OCH3 is 2. The summed E-state index contributed by atoms with van der Waals surface area (Å²) in [6.45, 7) is 2.08. The Bertz CT molecular complexity index is 1800. The van der Waals surface area contributed by atoms with Crippen LogP contribution in [0.5, 0.6) is 11.5 Å². The molecular formula is C30H24BrClN2O5S. The van der Waals surface area contributed by atoms with E-state index in [1.807, 2.05) is 60.7 Å². The maximum atomic E-state index is 13.8. The molecule has 0 unspecified atom stereocenters. The van der Waals surface area contributed by atoms with Crippen LogP contribution in [0.25, 0.3) is 6.08 Å². The molecule has 5 rings (SSSR count). The van der Waals surface area contributed by atoms with Crippen LogP contribution in [-0.4, -0.2) is 24.8 Å². The largest absolute Gasteiger partial charge is 0.493 e. The number of halogens is 2. The van der Waals surface area contributed by atoms with Gasteiger partial charge in [-0.3, -0.25) is 9.36 Å². The summed E-state index contributed by atoms with van der Waals surface area (Å²) in [5.41, 5.74) is 3.06. The van der Waals surface area contributed by atoms with Gasteiger partial charge in [-0.15, -0.1) is 0 Å². The first-order chi connectivity index (χ1) is 19.3. The molecule has 0 amide bonds. The topological polar surface area (TPSA) is 79.1 Å². The molecule has 0 spiro atoms. The molecule has 1 aromatic heterocycles. The van der Waals surface area contributed by atoms with E-state index in [4.69, 9.17) is 25.8 Å². The van der Waals surface area contributed by atoms with Crippen LogP contribution in [-0.2, 0) is 16.1 Å². The Morgan fingerprint density at radius 3 is 2.52 bits per heavy atom. The fourth-order valence-electron chi connectivity index (χ4n) is 4.49. The van der Waals surface area contributed by atoms with Crippen LogP contribution in [0.3, 0.4) is 0 Å². The lowest BCUT2D eigenvalue weighted by molar-refractivity contribution is -0.136. The van der Waals surface area contributed by atoms with Gasteiger partial charge in [0.2, 0.25) is 0 Å². The fourth-order valence-corrected chi connectivity index (χ4v) is 6.24. The Labute approximate surface area is 247 Å². The van der Waals surface area contributed by atoms with Crippen LogP contribution in [0.1, 0.15) is 29.7 Å². The minimum Gasteiger partial charge on any atom is -0.493 e. The SMILES string of the molecule is COC(=O)C1=C(C)N=c2s/c(=C\c3cc(Br)c(OCc4ccc(Cl)cc4)c(OC)c3)c(=O)n2[C@@H]1c1ccccc1. The molecule has 0 aliphatic carbocycles. The summed E-state index contributed by atoms with van der Waals surface area (Å²) in [6.07, 6.45) is 1.78. The van der Waals surface area contributed by atoms with Crippen molar-refractivity contribution in [2.45, 2.75) is 19.6 Å². The average Bonchev–Trinajstić information content (AvgIpc) is 3.26. The van der Waals surface area contributed by atoms with E-state index in [1.54, 1.807) is 30.7 Å². The number of benzene rings is 3. The van der Waals surface area contributed by atoms with Gasteiger partial charge in [0.15, 0.2) is 16.3 Å². The number of esters is 1. The minimum absolute atomic E-state index is 0.260. The molecule has 4 aromatic rings. The van der Waals surface area contributed by atoms with E-state index in [2.05, 4.69) is 20.9 Å². The lowest BCUT2D eigenvalue weighted by Crippen LogP contribution is -2.39. The molecule has 0 saturated heterocycles. The summed E-state index contributed by atoms with van der Waals surface area (Å²) in [5.74, 6) is 0.527. The van der Waals surface area contributed by atoms with Gasteiger partial charge in [-0.1, -0.05) is 65.4 Å². The van der Waals surface area contributed by atoms with Crippen molar-refractivity contribution in [3.8, 4) is 11.5 Å². The summed E-state index contributed by atoms with van der Waals surface area (Å²) in [7, 11) is 2.88. The zero-order chi connectivity index (χ0) is 28.4. The first kappa shape index (κ1) is 27.9. The first-order valence-corrected chi connectivity index (χ1v) is 14.2. The molecule has 1 aliphatic rings. The number of hydrogen-bond donors (Lipinski definition) is 0. The third-order valence-electron chi connectivity index (χ3n) is 6.39. The van der Waals surface area contributed by atoms with E-state index in [0.29, 0.717) is 48.2 Å². The van der Waals surface area contributed by atoms with Gasteiger partial charge in [0.25, 0.3) is 5.56 Å². The maximum absolute atomic E-state index is 13.8. The molecule has 2 heterocycles. The monoisotopic (exact) mass is 638 g/mol. The van der Waals surface area contributed by atoms with Crippen LogP contribution in [0, 0.1) is 0 Å².